The Balaban J connectivity index is 1.81. The van der Waals surface area contributed by atoms with Crippen LogP contribution < -0.4 is 10.1 Å². The first-order valence-corrected chi connectivity index (χ1v) is 13.0. The number of methoxy groups -OCH3 is 1. The molecule has 1 heterocycles. The molecule has 0 bridgehead atoms. The lowest BCUT2D eigenvalue weighted by molar-refractivity contribution is -0.117. The number of rotatable bonds is 10. The molecule has 1 N–H and O–H groups in total. The number of nitrogens with zero attached hydrogens (tertiary/aromatic N) is 3. The Labute approximate surface area is 220 Å². The van der Waals surface area contributed by atoms with Crippen LogP contribution in [0.3, 0.4) is 0 Å². The molecule has 198 valence electrons. The average Bonchev–Trinajstić information content (AvgIpc) is 3.30. The summed E-state index contributed by atoms with van der Waals surface area (Å²) in [4.78, 5) is 28.1. The number of anilines is 1. The van der Waals surface area contributed by atoms with Gasteiger partial charge in [0.05, 0.1) is 18.5 Å². The fourth-order valence-electron chi connectivity index (χ4n) is 3.94. The standard InChI is InChI=1S/C30H40N4O3/c1-8-9-10-22-11-13-23(14-12-22)29(36)33(21(2)3)20-28(35)31-27-19-26(30(4,5)6)32-34(27)24-15-17-25(37-7)18-16-24/h11-19,21H,8-10,20H2,1-7H3,(H,31,35). The smallest absolute Gasteiger partial charge is 0.254 e. The van der Waals surface area contributed by atoms with Crippen molar-refractivity contribution >= 4 is 17.6 Å². The summed E-state index contributed by atoms with van der Waals surface area (Å²) in [5.74, 6) is 0.849. The van der Waals surface area contributed by atoms with E-state index in [0.29, 0.717) is 11.4 Å². The zero-order chi connectivity index (χ0) is 27.2. The van der Waals surface area contributed by atoms with Crippen molar-refractivity contribution in [1.82, 2.24) is 14.7 Å². The highest BCUT2D eigenvalue weighted by atomic mass is 16.5. The summed E-state index contributed by atoms with van der Waals surface area (Å²) in [7, 11) is 1.62. The van der Waals surface area contributed by atoms with Gasteiger partial charge in [-0.15, -0.1) is 0 Å². The summed E-state index contributed by atoms with van der Waals surface area (Å²) in [6.45, 7) is 12.2. The number of aryl methyl sites for hydroxylation is 1. The van der Waals surface area contributed by atoms with Crippen LogP contribution in [0, 0.1) is 0 Å². The molecule has 0 radical (unpaired) electrons. The molecule has 0 aliphatic carbocycles. The van der Waals surface area contributed by atoms with Gasteiger partial charge in [-0.25, -0.2) is 4.68 Å². The normalized spacial score (nSPS) is 11.5. The van der Waals surface area contributed by atoms with E-state index in [4.69, 9.17) is 9.84 Å². The lowest BCUT2D eigenvalue weighted by Crippen LogP contribution is -2.42. The maximum Gasteiger partial charge on any atom is 0.254 e. The first-order valence-electron chi connectivity index (χ1n) is 13.0. The van der Waals surface area contributed by atoms with Gasteiger partial charge in [-0.1, -0.05) is 46.2 Å². The molecule has 0 saturated carbocycles. The molecular formula is C30H40N4O3. The number of hydrogen-bond donors (Lipinski definition) is 1. The Morgan fingerprint density at radius 3 is 2.24 bits per heavy atom. The summed E-state index contributed by atoms with van der Waals surface area (Å²) in [5, 5.41) is 7.76. The van der Waals surface area contributed by atoms with E-state index in [-0.39, 0.29) is 29.8 Å². The lowest BCUT2D eigenvalue weighted by atomic mass is 9.92. The van der Waals surface area contributed by atoms with Crippen LogP contribution >= 0.6 is 0 Å². The Morgan fingerprint density at radius 2 is 1.70 bits per heavy atom. The van der Waals surface area contributed by atoms with E-state index in [1.807, 2.05) is 68.4 Å². The quantitative estimate of drug-likeness (QED) is 0.367. The number of amides is 2. The summed E-state index contributed by atoms with van der Waals surface area (Å²) < 4.78 is 6.99. The van der Waals surface area contributed by atoms with Crippen LogP contribution in [0.15, 0.2) is 54.6 Å². The van der Waals surface area contributed by atoms with Gasteiger partial charge in [0.25, 0.3) is 5.91 Å². The number of hydrogen-bond acceptors (Lipinski definition) is 4. The van der Waals surface area contributed by atoms with E-state index in [0.717, 1.165) is 36.4 Å². The summed E-state index contributed by atoms with van der Waals surface area (Å²) in [6.07, 6.45) is 3.25. The fraction of sp³-hybridized carbons (Fsp3) is 0.433. The van der Waals surface area contributed by atoms with Gasteiger partial charge >= 0.3 is 0 Å². The van der Waals surface area contributed by atoms with Gasteiger partial charge in [-0.05, 0) is 68.7 Å². The third-order valence-corrected chi connectivity index (χ3v) is 6.28. The maximum absolute atomic E-state index is 13.3. The second-order valence-corrected chi connectivity index (χ2v) is 10.7. The van der Waals surface area contributed by atoms with Crippen LogP contribution in [0.5, 0.6) is 5.75 Å². The molecule has 7 heteroatoms. The Kier molecular flexibility index (Phi) is 9.14. The Bertz CT molecular complexity index is 1190. The third kappa shape index (κ3) is 7.21. The molecule has 37 heavy (non-hydrogen) atoms. The molecule has 1 aromatic heterocycles. The molecule has 3 aromatic rings. The zero-order valence-corrected chi connectivity index (χ0v) is 23.2. The minimum absolute atomic E-state index is 0.0628. The second-order valence-electron chi connectivity index (χ2n) is 10.7. The van der Waals surface area contributed by atoms with Crippen molar-refractivity contribution < 1.29 is 14.3 Å². The van der Waals surface area contributed by atoms with Gasteiger partial charge in [-0.2, -0.15) is 5.10 Å². The van der Waals surface area contributed by atoms with Crippen molar-refractivity contribution in [2.75, 3.05) is 19.0 Å². The molecule has 0 fully saturated rings. The highest BCUT2D eigenvalue weighted by molar-refractivity contribution is 5.99. The maximum atomic E-state index is 13.3. The lowest BCUT2D eigenvalue weighted by Gasteiger charge is -2.26. The van der Waals surface area contributed by atoms with Gasteiger partial charge in [-0.3, -0.25) is 9.59 Å². The number of nitrogens with one attached hydrogen (secondary N) is 1. The molecular weight excluding hydrogens is 464 g/mol. The summed E-state index contributed by atoms with van der Waals surface area (Å²) in [6, 6.07) is 17.0. The van der Waals surface area contributed by atoms with Crippen LogP contribution in [-0.2, 0) is 16.6 Å². The van der Waals surface area contributed by atoms with Crippen molar-refractivity contribution in [2.24, 2.45) is 0 Å². The Hall–Kier alpha value is -3.61. The molecule has 7 nitrogen and oxygen atoms in total. The van der Waals surface area contributed by atoms with Crippen LogP contribution in [0.4, 0.5) is 5.82 Å². The zero-order valence-electron chi connectivity index (χ0n) is 23.2. The topological polar surface area (TPSA) is 76.5 Å². The summed E-state index contributed by atoms with van der Waals surface area (Å²) >= 11 is 0. The van der Waals surface area contributed by atoms with Crippen molar-refractivity contribution in [1.29, 1.82) is 0 Å². The molecule has 2 aromatic carbocycles. The van der Waals surface area contributed by atoms with Crippen molar-refractivity contribution in [3.63, 3.8) is 0 Å². The molecule has 0 unspecified atom stereocenters. The first-order chi connectivity index (χ1) is 17.5. The van der Waals surface area contributed by atoms with Crippen molar-refractivity contribution in [2.45, 2.75) is 72.3 Å². The number of benzene rings is 2. The third-order valence-electron chi connectivity index (χ3n) is 6.28. The first kappa shape index (κ1) is 28.0. The minimum Gasteiger partial charge on any atom is -0.497 e. The predicted octanol–water partition coefficient (Wildman–Crippen LogP) is 6.01. The highest BCUT2D eigenvalue weighted by Gasteiger charge is 2.25. The number of carbonyl (C=O) groups is 2. The number of carbonyl (C=O) groups excluding carboxylic acids is 2. The van der Waals surface area contributed by atoms with Gasteiger partial charge < -0.3 is 15.0 Å². The highest BCUT2D eigenvalue weighted by Crippen LogP contribution is 2.27. The molecule has 3 rings (SSSR count). The molecule has 2 amide bonds. The predicted molar refractivity (Wildman–Crippen MR) is 149 cm³/mol. The second kappa shape index (κ2) is 12.1. The van der Waals surface area contributed by atoms with E-state index in [9.17, 15) is 9.59 Å². The van der Waals surface area contributed by atoms with Gasteiger partial charge in [0.1, 0.15) is 18.1 Å². The Morgan fingerprint density at radius 1 is 1.05 bits per heavy atom. The summed E-state index contributed by atoms with van der Waals surface area (Å²) in [5.41, 5.74) is 3.24. The molecule has 0 aliphatic heterocycles. The van der Waals surface area contributed by atoms with Crippen LogP contribution in [0.2, 0.25) is 0 Å². The fourth-order valence-corrected chi connectivity index (χ4v) is 3.94. The average molecular weight is 505 g/mol. The van der Waals surface area contributed by atoms with Crippen molar-refractivity contribution in [3.8, 4) is 11.4 Å². The van der Waals surface area contributed by atoms with Gasteiger partial charge in [0.2, 0.25) is 5.91 Å². The number of ether oxygens (including phenoxy) is 1. The van der Waals surface area contributed by atoms with Crippen LogP contribution in [0.25, 0.3) is 5.69 Å². The SMILES string of the molecule is CCCCc1ccc(C(=O)N(CC(=O)Nc2cc(C(C)(C)C)nn2-c2ccc(OC)cc2)C(C)C)cc1. The van der Waals surface area contributed by atoms with E-state index >= 15 is 0 Å². The van der Waals surface area contributed by atoms with E-state index in [1.54, 1.807) is 16.7 Å². The van der Waals surface area contributed by atoms with E-state index in [1.165, 1.54) is 5.56 Å². The van der Waals surface area contributed by atoms with Crippen LogP contribution in [0.1, 0.15) is 76.0 Å². The molecule has 0 saturated heterocycles. The minimum atomic E-state index is -0.281. The molecule has 0 atom stereocenters. The largest absolute Gasteiger partial charge is 0.497 e. The molecule has 0 aliphatic rings. The van der Waals surface area contributed by atoms with Crippen LogP contribution in [-0.4, -0.2) is 46.2 Å². The number of unbranched alkanes of at least 4 members (excludes halogenated alkanes) is 1. The molecule has 0 spiro atoms. The van der Waals surface area contributed by atoms with Gasteiger partial charge in [0, 0.05) is 23.1 Å². The monoisotopic (exact) mass is 504 g/mol. The van der Waals surface area contributed by atoms with Gasteiger partial charge in [0.15, 0.2) is 0 Å². The van der Waals surface area contributed by atoms with E-state index < -0.39 is 0 Å². The van der Waals surface area contributed by atoms with E-state index in [2.05, 4.69) is 33.0 Å². The number of aromatic nitrogens is 2. The van der Waals surface area contributed by atoms with Crippen molar-refractivity contribution in [3.05, 3.63) is 71.4 Å².